The van der Waals surface area contributed by atoms with Gasteiger partial charge in [-0.05, 0) is 12.0 Å². The maximum absolute atomic E-state index is 4.30. The molecule has 0 saturated heterocycles. The Morgan fingerprint density at radius 1 is 1.25 bits per heavy atom. The van der Waals surface area contributed by atoms with E-state index in [0.29, 0.717) is 6.04 Å². The monoisotopic (exact) mass is 162 g/mol. The highest BCUT2D eigenvalue weighted by atomic mass is 14.9. The van der Waals surface area contributed by atoms with Crippen LogP contribution in [0, 0.1) is 0 Å². The second kappa shape index (κ2) is 4.94. The average Bonchev–Trinajstić information content (AvgIpc) is 2.16. The van der Waals surface area contributed by atoms with E-state index < -0.39 is 0 Å². The van der Waals surface area contributed by atoms with Crippen molar-refractivity contribution in [3.63, 3.8) is 0 Å². The van der Waals surface area contributed by atoms with E-state index in [1.54, 1.807) is 0 Å². The minimum Gasteiger partial charge on any atom is -0.662 e. The van der Waals surface area contributed by atoms with Crippen LogP contribution in [0.1, 0.15) is 18.9 Å². The first-order valence-electron chi connectivity index (χ1n) is 4.49. The van der Waals surface area contributed by atoms with Crippen LogP contribution < -0.4 is 0 Å². The molecule has 0 radical (unpaired) electrons. The van der Waals surface area contributed by atoms with Gasteiger partial charge in [-0.25, -0.2) is 0 Å². The van der Waals surface area contributed by atoms with Crippen molar-refractivity contribution in [2.24, 2.45) is 0 Å². The molecule has 0 saturated carbocycles. The lowest BCUT2D eigenvalue weighted by Crippen LogP contribution is -2.07. The highest BCUT2D eigenvalue weighted by Gasteiger charge is 1.94. The SMILES string of the molecule is CCC(Cc1ccccc1)[N-]C. The molecular weight excluding hydrogens is 146 g/mol. The summed E-state index contributed by atoms with van der Waals surface area (Å²) >= 11 is 0. The van der Waals surface area contributed by atoms with E-state index >= 15 is 0 Å². The second-order valence-corrected chi connectivity index (χ2v) is 3.01. The Balaban J connectivity index is 2.51. The standard InChI is InChI=1S/C11H16N/c1-3-11(12-2)9-10-7-5-4-6-8-10/h4-8,11H,3,9H2,1-2H3/q-1. The average molecular weight is 162 g/mol. The Morgan fingerprint density at radius 3 is 2.42 bits per heavy atom. The van der Waals surface area contributed by atoms with Gasteiger partial charge in [0.25, 0.3) is 0 Å². The third kappa shape index (κ3) is 2.67. The molecule has 0 aliphatic carbocycles. The van der Waals surface area contributed by atoms with Gasteiger partial charge in [-0.15, -0.1) is 6.04 Å². The molecule has 1 unspecified atom stereocenters. The number of benzene rings is 1. The van der Waals surface area contributed by atoms with Gasteiger partial charge in [0.15, 0.2) is 0 Å². The van der Waals surface area contributed by atoms with Crippen LogP contribution >= 0.6 is 0 Å². The van der Waals surface area contributed by atoms with Gasteiger partial charge in [-0.1, -0.05) is 43.7 Å². The summed E-state index contributed by atoms with van der Waals surface area (Å²) in [6.07, 6.45) is 2.21. The normalized spacial score (nSPS) is 12.8. The molecule has 0 aliphatic heterocycles. The van der Waals surface area contributed by atoms with Crippen molar-refractivity contribution in [3.8, 4) is 0 Å². The summed E-state index contributed by atoms with van der Waals surface area (Å²) < 4.78 is 0. The van der Waals surface area contributed by atoms with Crippen LogP contribution in [-0.4, -0.2) is 13.1 Å². The third-order valence-electron chi connectivity index (χ3n) is 2.15. The largest absolute Gasteiger partial charge is 0.662 e. The summed E-state index contributed by atoms with van der Waals surface area (Å²) in [5.74, 6) is 0. The van der Waals surface area contributed by atoms with Gasteiger partial charge in [0.1, 0.15) is 0 Å². The maximum atomic E-state index is 4.30. The molecule has 0 amide bonds. The zero-order chi connectivity index (χ0) is 8.81. The van der Waals surface area contributed by atoms with Gasteiger partial charge in [-0.3, -0.25) is 0 Å². The molecule has 0 fully saturated rings. The topological polar surface area (TPSA) is 14.1 Å². The first-order chi connectivity index (χ1) is 5.86. The van der Waals surface area contributed by atoms with Crippen molar-refractivity contribution in [1.29, 1.82) is 0 Å². The lowest BCUT2D eigenvalue weighted by atomic mass is 10.0. The quantitative estimate of drug-likeness (QED) is 0.646. The van der Waals surface area contributed by atoms with Gasteiger partial charge in [0.2, 0.25) is 0 Å². The van der Waals surface area contributed by atoms with E-state index in [2.05, 4.69) is 36.5 Å². The molecule has 0 aromatic heterocycles. The lowest BCUT2D eigenvalue weighted by molar-refractivity contribution is 0.710. The molecule has 0 spiro atoms. The molecule has 1 nitrogen and oxygen atoms in total. The van der Waals surface area contributed by atoms with Crippen molar-refractivity contribution in [2.75, 3.05) is 7.05 Å². The second-order valence-electron chi connectivity index (χ2n) is 3.01. The molecule has 1 aromatic carbocycles. The number of nitrogens with zero attached hydrogens (tertiary/aromatic N) is 1. The fraction of sp³-hybridized carbons (Fsp3) is 0.455. The fourth-order valence-corrected chi connectivity index (χ4v) is 1.30. The van der Waals surface area contributed by atoms with Crippen LogP contribution in [0.2, 0.25) is 0 Å². The first kappa shape index (κ1) is 9.27. The van der Waals surface area contributed by atoms with E-state index in [1.165, 1.54) is 5.56 Å². The molecule has 1 rings (SSSR count). The lowest BCUT2D eigenvalue weighted by Gasteiger charge is -2.26. The number of rotatable bonds is 4. The molecule has 1 aromatic rings. The minimum atomic E-state index is 0.493. The summed E-state index contributed by atoms with van der Waals surface area (Å²) in [5, 5.41) is 4.30. The van der Waals surface area contributed by atoms with Crippen molar-refractivity contribution >= 4 is 0 Å². The van der Waals surface area contributed by atoms with Crippen molar-refractivity contribution < 1.29 is 0 Å². The summed E-state index contributed by atoms with van der Waals surface area (Å²) in [7, 11) is 1.90. The molecular formula is C11H16N-. The number of hydrogen-bond donors (Lipinski definition) is 0. The molecule has 12 heavy (non-hydrogen) atoms. The van der Waals surface area contributed by atoms with Crippen molar-refractivity contribution in [2.45, 2.75) is 25.8 Å². The van der Waals surface area contributed by atoms with Gasteiger partial charge in [0, 0.05) is 0 Å². The predicted octanol–water partition coefficient (Wildman–Crippen LogP) is 3.01. The summed E-state index contributed by atoms with van der Waals surface area (Å²) in [6, 6.07) is 11.0. The number of hydrogen-bond acceptors (Lipinski definition) is 0. The van der Waals surface area contributed by atoms with Crippen LogP contribution in [0.5, 0.6) is 0 Å². The van der Waals surface area contributed by atoms with Gasteiger partial charge >= 0.3 is 0 Å². The van der Waals surface area contributed by atoms with Gasteiger partial charge in [-0.2, -0.15) is 7.05 Å². The molecule has 0 bridgehead atoms. The van der Waals surface area contributed by atoms with Crippen LogP contribution in [-0.2, 0) is 6.42 Å². The fourth-order valence-electron chi connectivity index (χ4n) is 1.30. The highest BCUT2D eigenvalue weighted by Crippen LogP contribution is 2.10. The van der Waals surface area contributed by atoms with E-state index in [0.717, 1.165) is 12.8 Å². The summed E-state index contributed by atoms with van der Waals surface area (Å²) in [6.45, 7) is 2.18. The Hall–Kier alpha value is -0.820. The molecule has 1 atom stereocenters. The molecule has 66 valence electrons. The summed E-state index contributed by atoms with van der Waals surface area (Å²) in [5.41, 5.74) is 1.38. The zero-order valence-corrected chi connectivity index (χ0v) is 7.83. The van der Waals surface area contributed by atoms with E-state index in [-0.39, 0.29) is 0 Å². The first-order valence-corrected chi connectivity index (χ1v) is 4.49. The van der Waals surface area contributed by atoms with Crippen LogP contribution in [0.15, 0.2) is 30.3 Å². The Kier molecular flexibility index (Phi) is 3.81. The van der Waals surface area contributed by atoms with Crippen molar-refractivity contribution in [1.82, 2.24) is 0 Å². The van der Waals surface area contributed by atoms with E-state index in [9.17, 15) is 0 Å². The minimum absolute atomic E-state index is 0.493. The van der Waals surface area contributed by atoms with Crippen molar-refractivity contribution in [3.05, 3.63) is 41.2 Å². The Bertz CT molecular complexity index is 202. The van der Waals surface area contributed by atoms with Gasteiger partial charge in [0.05, 0.1) is 0 Å². The predicted molar refractivity (Wildman–Crippen MR) is 53.5 cm³/mol. The van der Waals surface area contributed by atoms with Crippen LogP contribution in [0.3, 0.4) is 0 Å². The maximum Gasteiger partial charge on any atom is -0.0440 e. The zero-order valence-electron chi connectivity index (χ0n) is 7.83. The van der Waals surface area contributed by atoms with Gasteiger partial charge < -0.3 is 5.32 Å². The molecule has 0 N–H and O–H groups in total. The van der Waals surface area contributed by atoms with E-state index in [1.807, 2.05) is 13.1 Å². The highest BCUT2D eigenvalue weighted by molar-refractivity contribution is 5.17. The van der Waals surface area contributed by atoms with E-state index in [4.69, 9.17) is 0 Å². The molecule has 1 heteroatoms. The summed E-state index contributed by atoms with van der Waals surface area (Å²) in [4.78, 5) is 0. The smallest absolute Gasteiger partial charge is 0.0440 e. The third-order valence-corrected chi connectivity index (χ3v) is 2.15. The molecule has 0 heterocycles. The van der Waals surface area contributed by atoms with Crippen LogP contribution in [0.25, 0.3) is 5.32 Å². The van der Waals surface area contributed by atoms with Crippen LogP contribution in [0.4, 0.5) is 0 Å². The molecule has 0 aliphatic rings. The Labute approximate surface area is 74.8 Å². The number of likely N-dealkylation sites (N-methyl/N-ethyl adjacent to an activating group) is 1. The Morgan fingerprint density at radius 2 is 1.92 bits per heavy atom.